The first kappa shape index (κ1) is 18.4. The van der Waals surface area contributed by atoms with Crippen molar-refractivity contribution in [2.75, 3.05) is 17.6 Å². The molecule has 2 aromatic carbocycles. The number of nitrogens with two attached hydrogens (primary N) is 1. The van der Waals surface area contributed by atoms with Gasteiger partial charge in [0, 0.05) is 22.9 Å². The van der Waals surface area contributed by atoms with Gasteiger partial charge in [-0.2, -0.15) is 10.4 Å². The Labute approximate surface area is 168 Å². The Kier molecular flexibility index (Phi) is 4.61. The van der Waals surface area contributed by atoms with Gasteiger partial charge in [-0.05, 0) is 42.0 Å². The summed E-state index contributed by atoms with van der Waals surface area (Å²) in [5, 5.41) is 28.7. The van der Waals surface area contributed by atoms with E-state index in [4.69, 9.17) is 11.0 Å². The zero-order valence-corrected chi connectivity index (χ0v) is 16.3. The topological polar surface area (TPSA) is 116 Å². The van der Waals surface area contributed by atoms with Crippen LogP contribution in [0.4, 0.5) is 11.6 Å². The molecule has 0 saturated carbocycles. The van der Waals surface area contributed by atoms with Crippen LogP contribution in [0, 0.1) is 11.3 Å². The number of H-pyrrole nitrogens is 1. The normalized spacial score (nSPS) is 11.3. The summed E-state index contributed by atoms with van der Waals surface area (Å²) < 4.78 is 0. The molecule has 4 rings (SSSR count). The second-order valence-corrected chi connectivity index (χ2v) is 7.60. The highest BCUT2D eigenvalue weighted by Crippen LogP contribution is 2.26. The van der Waals surface area contributed by atoms with E-state index in [-0.39, 0.29) is 5.41 Å². The van der Waals surface area contributed by atoms with E-state index in [1.807, 2.05) is 54.6 Å². The van der Waals surface area contributed by atoms with E-state index in [0.29, 0.717) is 23.7 Å². The lowest BCUT2D eigenvalue weighted by atomic mass is 9.84. The molecule has 144 valence electrons. The van der Waals surface area contributed by atoms with Crippen molar-refractivity contribution in [3.05, 3.63) is 65.7 Å². The molecule has 2 aromatic heterocycles. The molecule has 0 unspecified atom stereocenters. The van der Waals surface area contributed by atoms with Gasteiger partial charge >= 0.3 is 0 Å². The van der Waals surface area contributed by atoms with Crippen LogP contribution < -0.4 is 11.1 Å². The van der Waals surface area contributed by atoms with E-state index in [9.17, 15) is 0 Å². The quantitative estimate of drug-likeness (QED) is 0.482. The molecule has 0 aliphatic rings. The number of nitriles is 1. The molecule has 2 heterocycles. The Morgan fingerprint density at radius 2 is 1.86 bits per heavy atom. The second-order valence-electron chi connectivity index (χ2n) is 7.60. The molecule has 0 atom stereocenters. The van der Waals surface area contributed by atoms with Crippen LogP contribution in [0.25, 0.3) is 22.2 Å². The lowest BCUT2D eigenvalue weighted by molar-refractivity contribution is 0.555. The Balaban J connectivity index is 1.47. The van der Waals surface area contributed by atoms with Crippen LogP contribution in [0.1, 0.15) is 25.0 Å². The van der Waals surface area contributed by atoms with Crippen LogP contribution >= 0.6 is 0 Å². The number of fused-ring (bicyclic) bond motifs is 1. The summed E-state index contributed by atoms with van der Waals surface area (Å²) in [6.45, 7) is 4.98. The molecule has 7 nitrogen and oxygen atoms in total. The third-order valence-corrected chi connectivity index (χ3v) is 5.06. The van der Waals surface area contributed by atoms with Crippen LogP contribution in [-0.2, 0) is 5.41 Å². The van der Waals surface area contributed by atoms with Crippen LogP contribution in [0.5, 0.6) is 0 Å². The van der Waals surface area contributed by atoms with Gasteiger partial charge < -0.3 is 11.1 Å². The molecule has 0 aliphatic heterocycles. The van der Waals surface area contributed by atoms with E-state index in [0.717, 1.165) is 27.7 Å². The number of anilines is 2. The number of aromatic amines is 1. The summed E-state index contributed by atoms with van der Waals surface area (Å²) >= 11 is 0. The van der Waals surface area contributed by atoms with Crippen molar-refractivity contribution < 1.29 is 0 Å². The number of aromatic nitrogens is 4. The van der Waals surface area contributed by atoms with Crippen molar-refractivity contribution >= 4 is 22.5 Å². The van der Waals surface area contributed by atoms with Gasteiger partial charge in [-0.25, -0.2) is 0 Å². The number of hydrogen-bond donors (Lipinski definition) is 3. The van der Waals surface area contributed by atoms with Crippen molar-refractivity contribution in [3.63, 3.8) is 0 Å². The van der Waals surface area contributed by atoms with Gasteiger partial charge in [0.15, 0.2) is 5.82 Å². The van der Waals surface area contributed by atoms with Crippen molar-refractivity contribution in [3.8, 4) is 17.3 Å². The fourth-order valence-electron chi connectivity index (χ4n) is 3.18. The number of hydrogen-bond acceptors (Lipinski definition) is 6. The maximum absolute atomic E-state index is 8.95. The highest BCUT2D eigenvalue weighted by Gasteiger charge is 2.20. The Morgan fingerprint density at radius 3 is 2.55 bits per heavy atom. The highest BCUT2D eigenvalue weighted by atomic mass is 15.2. The zero-order chi connectivity index (χ0) is 20.4. The lowest BCUT2D eigenvalue weighted by Crippen LogP contribution is -2.28. The predicted octanol–water partition coefficient (Wildman–Crippen LogP) is 3.86. The Hall–Kier alpha value is -3.92. The minimum absolute atomic E-state index is 0.127. The summed E-state index contributed by atoms with van der Waals surface area (Å²) in [6, 6.07) is 19.5. The molecule has 4 N–H and O–H groups in total. The number of rotatable bonds is 5. The summed E-state index contributed by atoms with van der Waals surface area (Å²) in [5.74, 6) is 1.18. The molecule has 7 heteroatoms. The molecule has 0 amide bonds. The monoisotopic (exact) mass is 383 g/mol. The molecule has 4 aromatic rings. The molecular weight excluding hydrogens is 362 g/mol. The van der Waals surface area contributed by atoms with E-state index >= 15 is 0 Å². The maximum atomic E-state index is 8.95. The smallest absolute Gasteiger partial charge is 0.153 e. The summed E-state index contributed by atoms with van der Waals surface area (Å²) in [4.78, 5) is 0. The molecular formula is C22H21N7. The van der Waals surface area contributed by atoms with Crippen LogP contribution in [0.3, 0.4) is 0 Å². The fraction of sp³-hybridized carbons (Fsp3) is 0.182. The summed E-state index contributed by atoms with van der Waals surface area (Å²) in [5.41, 5.74) is 10.2. The third-order valence-electron chi connectivity index (χ3n) is 5.06. The first-order chi connectivity index (χ1) is 14.0. The average molecular weight is 383 g/mol. The lowest BCUT2D eigenvalue weighted by Gasteiger charge is -2.26. The molecule has 0 aliphatic carbocycles. The minimum atomic E-state index is -0.127. The Morgan fingerprint density at radius 1 is 1.07 bits per heavy atom. The van der Waals surface area contributed by atoms with Gasteiger partial charge in [-0.15, -0.1) is 10.2 Å². The van der Waals surface area contributed by atoms with E-state index < -0.39 is 0 Å². The van der Waals surface area contributed by atoms with Crippen molar-refractivity contribution in [1.82, 2.24) is 20.4 Å². The van der Waals surface area contributed by atoms with Crippen LogP contribution in [0.15, 0.2) is 54.6 Å². The van der Waals surface area contributed by atoms with Crippen LogP contribution in [-0.4, -0.2) is 26.9 Å². The number of nitrogen functional groups attached to an aromatic ring is 1. The minimum Gasteiger partial charge on any atom is -0.382 e. The van der Waals surface area contributed by atoms with Gasteiger partial charge in [0.25, 0.3) is 0 Å². The third kappa shape index (κ3) is 3.73. The highest BCUT2D eigenvalue weighted by molar-refractivity contribution is 5.91. The van der Waals surface area contributed by atoms with Gasteiger partial charge in [-0.3, -0.25) is 5.10 Å². The van der Waals surface area contributed by atoms with Crippen molar-refractivity contribution in [1.29, 1.82) is 5.26 Å². The molecule has 0 saturated heterocycles. The van der Waals surface area contributed by atoms with Gasteiger partial charge in [0.05, 0.1) is 22.8 Å². The predicted molar refractivity (Wildman–Crippen MR) is 114 cm³/mol. The number of nitrogens with zero attached hydrogens (tertiary/aromatic N) is 4. The largest absolute Gasteiger partial charge is 0.382 e. The average Bonchev–Trinajstić information content (AvgIpc) is 3.13. The summed E-state index contributed by atoms with van der Waals surface area (Å²) in [7, 11) is 0. The maximum Gasteiger partial charge on any atom is 0.153 e. The first-order valence-corrected chi connectivity index (χ1v) is 9.28. The second kappa shape index (κ2) is 7.24. The van der Waals surface area contributed by atoms with Gasteiger partial charge in [0.2, 0.25) is 0 Å². The van der Waals surface area contributed by atoms with Crippen molar-refractivity contribution in [2.24, 2.45) is 0 Å². The molecule has 0 bridgehead atoms. The first-order valence-electron chi connectivity index (χ1n) is 9.28. The van der Waals surface area contributed by atoms with E-state index in [1.165, 1.54) is 0 Å². The van der Waals surface area contributed by atoms with Crippen LogP contribution in [0.2, 0.25) is 0 Å². The SMILES string of the molecule is CC(C)(CNc1ccc(-c2ccc3[nH]nc(N)c3c2)nn1)c1ccc(C#N)cc1. The Bertz CT molecular complexity index is 1180. The van der Waals surface area contributed by atoms with E-state index in [2.05, 4.69) is 45.6 Å². The standard InChI is InChI=1S/C22H21N7/c1-22(2,16-6-3-14(12-23)4-7-16)13-25-20-10-9-18(26-28-20)15-5-8-19-17(11-15)21(24)29-27-19/h3-11H,13H2,1-2H3,(H,25,28)(H3,24,27,29). The fourth-order valence-corrected chi connectivity index (χ4v) is 3.18. The molecule has 0 fully saturated rings. The number of benzene rings is 2. The van der Waals surface area contributed by atoms with Gasteiger partial charge in [-0.1, -0.05) is 32.0 Å². The van der Waals surface area contributed by atoms with Gasteiger partial charge in [0.1, 0.15) is 5.82 Å². The molecule has 0 spiro atoms. The molecule has 29 heavy (non-hydrogen) atoms. The van der Waals surface area contributed by atoms with Crippen molar-refractivity contribution in [2.45, 2.75) is 19.3 Å². The number of nitrogens with one attached hydrogen (secondary N) is 2. The zero-order valence-electron chi connectivity index (χ0n) is 16.3. The van der Waals surface area contributed by atoms with E-state index in [1.54, 1.807) is 0 Å². The molecule has 0 radical (unpaired) electrons. The summed E-state index contributed by atoms with van der Waals surface area (Å²) in [6.07, 6.45) is 0.